The van der Waals surface area contributed by atoms with E-state index in [9.17, 15) is 27.6 Å². The van der Waals surface area contributed by atoms with Crippen LogP contribution in [0.1, 0.15) is 60.2 Å². The van der Waals surface area contributed by atoms with Crippen LogP contribution in [-0.2, 0) is 30.8 Å². The van der Waals surface area contributed by atoms with Crippen molar-refractivity contribution in [1.29, 1.82) is 0 Å². The van der Waals surface area contributed by atoms with Gasteiger partial charge in [0, 0.05) is 18.3 Å². The molecule has 0 spiro atoms. The standard InChI is InChI=1S/C26H36N6O6S2/c1-16(2)22-26-31-20(15-39-26)25(36)30-19(13-17-9-5-4-6-10-17)23(34)27-12-8-7-11-18(24(35)32-22)29-21(33)14-28-40(3,37)38/h4-6,9-10,15-16,18-19,22,28H,7-8,11-14H2,1-3H3,(H,27,34)(H,29,33)(H,30,36)(H,32,35)/t18-,19+,22+/m0/s1. The Labute approximate surface area is 238 Å². The molecule has 1 aromatic heterocycles. The highest BCUT2D eigenvalue weighted by atomic mass is 32.2. The molecule has 0 fully saturated rings. The van der Waals surface area contributed by atoms with Crippen molar-refractivity contribution in [2.75, 3.05) is 19.3 Å². The first-order valence-electron chi connectivity index (χ1n) is 13.0. The van der Waals surface area contributed by atoms with Gasteiger partial charge in [-0.1, -0.05) is 44.2 Å². The summed E-state index contributed by atoms with van der Waals surface area (Å²) in [5.41, 5.74) is 1.03. The SMILES string of the molecule is CC(C)[C@H]1NC(=O)[C@@H](NC(=O)CNS(C)(=O)=O)CCCCNC(=O)[C@@H](Cc2ccccc2)NC(=O)c2csc1n2. The maximum absolute atomic E-state index is 13.3. The highest BCUT2D eigenvalue weighted by Gasteiger charge is 2.29. The summed E-state index contributed by atoms with van der Waals surface area (Å²) in [6.45, 7) is 3.59. The average Bonchev–Trinajstić information content (AvgIpc) is 3.38. The van der Waals surface area contributed by atoms with Crippen molar-refractivity contribution in [2.45, 2.75) is 57.7 Å². The van der Waals surface area contributed by atoms with E-state index in [1.54, 1.807) is 5.38 Å². The monoisotopic (exact) mass is 592 g/mol. The molecule has 5 N–H and O–H groups in total. The van der Waals surface area contributed by atoms with Gasteiger partial charge in [0.15, 0.2) is 0 Å². The van der Waals surface area contributed by atoms with Crippen LogP contribution in [0.5, 0.6) is 0 Å². The normalized spacial score (nSPS) is 21.3. The maximum atomic E-state index is 13.3. The van der Waals surface area contributed by atoms with Crippen molar-refractivity contribution in [3.8, 4) is 0 Å². The van der Waals surface area contributed by atoms with Crippen LogP contribution in [0.25, 0.3) is 0 Å². The van der Waals surface area contributed by atoms with E-state index in [0.29, 0.717) is 30.8 Å². The lowest BCUT2D eigenvalue weighted by Gasteiger charge is -2.25. The zero-order valence-corrected chi connectivity index (χ0v) is 24.4. The minimum Gasteiger partial charge on any atom is -0.354 e. The average molecular weight is 593 g/mol. The Kier molecular flexibility index (Phi) is 11.2. The maximum Gasteiger partial charge on any atom is 0.271 e. The Balaban J connectivity index is 1.84. The van der Waals surface area contributed by atoms with Crippen LogP contribution in [0.3, 0.4) is 0 Å². The fourth-order valence-electron chi connectivity index (χ4n) is 4.11. The fourth-order valence-corrected chi connectivity index (χ4v) is 5.53. The van der Waals surface area contributed by atoms with E-state index in [2.05, 4.69) is 31.0 Å². The number of carbonyl (C=O) groups is 4. The van der Waals surface area contributed by atoms with Crippen LogP contribution in [0.4, 0.5) is 0 Å². The summed E-state index contributed by atoms with van der Waals surface area (Å²) >= 11 is 1.21. The molecule has 14 heteroatoms. The molecule has 2 bridgehead atoms. The number of nitrogens with one attached hydrogen (secondary N) is 5. The van der Waals surface area contributed by atoms with Crippen LogP contribution >= 0.6 is 11.3 Å². The Morgan fingerprint density at radius 1 is 1.10 bits per heavy atom. The lowest BCUT2D eigenvalue weighted by molar-refractivity contribution is -0.129. The number of nitrogens with zero attached hydrogens (tertiary/aromatic N) is 1. The van der Waals surface area contributed by atoms with Gasteiger partial charge >= 0.3 is 0 Å². The predicted octanol–water partition coefficient (Wildman–Crippen LogP) is 0.632. The molecule has 2 heterocycles. The minimum absolute atomic E-state index is 0.0928. The number of thiazole rings is 1. The van der Waals surface area contributed by atoms with Gasteiger partial charge in [-0.25, -0.2) is 18.1 Å². The van der Waals surface area contributed by atoms with Crippen molar-refractivity contribution in [2.24, 2.45) is 5.92 Å². The van der Waals surface area contributed by atoms with E-state index < -0.39 is 52.4 Å². The number of hydrogen-bond acceptors (Lipinski definition) is 8. The van der Waals surface area contributed by atoms with Crippen LogP contribution in [0.2, 0.25) is 0 Å². The number of benzene rings is 1. The number of amides is 4. The molecule has 0 radical (unpaired) electrons. The van der Waals surface area contributed by atoms with Gasteiger partial charge in [0.2, 0.25) is 27.7 Å². The molecule has 0 unspecified atom stereocenters. The highest BCUT2D eigenvalue weighted by Crippen LogP contribution is 2.25. The molecule has 0 aliphatic carbocycles. The molecule has 0 saturated carbocycles. The summed E-state index contributed by atoms with van der Waals surface area (Å²) in [7, 11) is -3.59. The number of aromatic nitrogens is 1. The number of carbonyl (C=O) groups excluding carboxylic acids is 4. The van der Waals surface area contributed by atoms with Gasteiger partial charge in [-0.2, -0.15) is 0 Å². The third-order valence-electron chi connectivity index (χ3n) is 6.25. The highest BCUT2D eigenvalue weighted by molar-refractivity contribution is 7.88. The van der Waals surface area contributed by atoms with Gasteiger partial charge in [-0.05, 0) is 30.7 Å². The summed E-state index contributed by atoms with van der Waals surface area (Å²) in [4.78, 5) is 56.3. The Bertz CT molecular complexity index is 1300. The second-order valence-electron chi connectivity index (χ2n) is 10.0. The van der Waals surface area contributed by atoms with Crippen molar-refractivity contribution >= 4 is 45.0 Å². The molecule has 12 nitrogen and oxygen atoms in total. The second kappa shape index (κ2) is 14.3. The van der Waals surface area contributed by atoms with Crippen LogP contribution in [0, 0.1) is 5.92 Å². The number of sulfonamides is 1. The fraction of sp³-hybridized carbons (Fsp3) is 0.500. The van der Waals surface area contributed by atoms with Gasteiger partial charge in [0.25, 0.3) is 5.91 Å². The Hall–Kier alpha value is -3.36. The van der Waals surface area contributed by atoms with Crippen molar-refractivity contribution in [1.82, 2.24) is 31.0 Å². The topological polar surface area (TPSA) is 175 Å². The van der Waals surface area contributed by atoms with Gasteiger partial charge in [-0.15, -0.1) is 11.3 Å². The molecule has 0 saturated heterocycles. The molecule has 3 rings (SSSR count). The third-order valence-corrected chi connectivity index (χ3v) is 7.85. The first-order valence-corrected chi connectivity index (χ1v) is 15.8. The molecular formula is C26H36N6O6S2. The van der Waals surface area contributed by atoms with E-state index in [0.717, 1.165) is 11.8 Å². The Morgan fingerprint density at radius 2 is 1.82 bits per heavy atom. The molecule has 3 atom stereocenters. The second-order valence-corrected chi connectivity index (χ2v) is 12.7. The molecule has 4 amide bonds. The van der Waals surface area contributed by atoms with Crippen molar-refractivity contribution in [3.05, 3.63) is 52.0 Å². The quantitative estimate of drug-likeness (QED) is 0.313. The smallest absolute Gasteiger partial charge is 0.271 e. The van der Waals surface area contributed by atoms with E-state index in [1.807, 2.05) is 44.2 Å². The molecule has 1 aliphatic heterocycles. The number of fused-ring (bicyclic) bond motifs is 2. The van der Waals surface area contributed by atoms with Gasteiger partial charge < -0.3 is 21.3 Å². The zero-order valence-electron chi connectivity index (χ0n) is 22.7. The summed E-state index contributed by atoms with van der Waals surface area (Å²) in [6.07, 6.45) is 2.51. The molecule has 1 aromatic carbocycles. The minimum atomic E-state index is -3.59. The largest absolute Gasteiger partial charge is 0.354 e. The van der Waals surface area contributed by atoms with Gasteiger partial charge in [-0.3, -0.25) is 19.2 Å². The summed E-state index contributed by atoms with van der Waals surface area (Å²) in [5, 5.41) is 13.3. The summed E-state index contributed by atoms with van der Waals surface area (Å²) in [6, 6.07) is 7.08. The van der Waals surface area contributed by atoms with E-state index >= 15 is 0 Å². The summed E-state index contributed by atoms with van der Waals surface area (Å²) < 4.78 is 24.9. The zero-order chi connectivity index (χ0) is 29.3. The molecule has 1 aliphatic rings. The van der Waals surface area contributed by atoms with Crippen LogP contribution in [0.15, 0.2) is 35.7 Å². The number of rotatable bonds is 7. The van der Waals surface area contributed by atoms with Crippen molar-refractivity contribution < 1.29 is 27.6 Å². The Morgan fingerprint density at radius 3 is 2.50 bits per heavy atom. The van der Waals surface area contributed by atoms with Crippen molar-refractivity contribution in [3.63, 3.8) is 0 Å². The molecule has 40 heavy (non-hydrogen) atoms. The molecular weight excluding hydrogens is 556 g/mol. The molecule has 218 valence electrons. The van der Waals surface area contributed by atoms with E-state index in [4.69, 9.17) is 0 Å². The van der Waals surface area contributed by atoms with E-state index in [-0.39, 0.29) is 23.9 Å². The number of hydrogen-bond donors (Lipinski definition) is 5. The first kappa shape index (κ1) is 31.2. The van der Waals surface area contributed by atoms with Crippen LogP contribution < -0.4 is 26.0 Å². The predicted molar refractivity (Wildman–Crippen MR) is 151 cm³/mol. The first-order chi connectivity index (χ1) is 18.9. The summed E-state index contributed by atoms with van der Waals surface area (Å²) in [5.74, 6) is -2.03. The molecule has 2 aromatic rings. The van der Waals surface area contributed by atoms with E-state index in [1.165, 1.54) is 11.3 Å². The van der Waals surface area contributed by atoms with Gasteiger partial charge in [0.1, 0.15) is 22.8 Å². The third kappa shape index (κ3) is 9.68. The van der Waals surface area contributed by atoms with Gasteiger partial charge in [0.05, 0.1) is 18.8 Å². The lowest BCUT2D eigenvalue weighted by Crippen LogP contribution is -2.50. The van der Waals surface area contributed by atoms with Crippen LogP contribution in [-0.4, -0.2) is 68.5 Å². The lowest BCUT2D eigenvalue weighted by atomic mass is 10.0.